The summed E-state index contributed by atoms with van der Waals surface area (Å²) in [5.74, 6) is 0.942. The van der Waals surface area contributed by atoms with Gasteiger partial charge >= 0.3 is 0 Å². The summed E-state index contributed by atoms with van der Waals surface area (Å²) in [4.78, 5) is 8.88. The van der Waals surface area contributed by atoms with E-state index in [9.17, 15) is 0 Å². The van der Waals surface area contributed by atoms with E-state index in [2.05, 4.69) is 42.0 Å². The minimum absolute atomic E-state index is 0.773. The molecule has 0 bridgehead atoms. The van der Waals surface area contributed by atoms with E-state index in [1.165, 1.54) is 63.4 Å². The Hall–Kier alpha value is -1.90. The molecule has 0 fully saturated rings. The predicted molar refractivity (Wildman–Crippen MR) is 114 cm³/mol. The third-order valence-corrected chi connectivity index (χ3v) is 4.99. The van der Waals surface area contributed by atoms with Crippen LogP contribution in [0.15, 0.2) is 36.8 Å². The molecule has 0 aliphatic rings. The lowest BCUT2D eigenvalue weighted by molar-refractivity contribution is 0.306. The van der Waals surface area contributed by atoms with Gasteiger partial charge in [0.2, 0.25) is 0 Å². The summed E-state index contributed by atoms with van der Waals surface area (Å²) in [7, 11) is 0. The molecule has 1 aromatic heterocycles. The molecular formula is C24H36N2O. The lowest BCUT2D eigenvalue weighted by Gasteiger charge is -2.13. The van der Waals surface area contributed by atoms with Crippen LogP contribution in [0.2, 0.25) is 0 Å². The number of rotatable bonds is 14. The normalized spacial score (nSPS) is 10.9. The molecule has 0 atom stereocenters. The molecule has 27 heavy (non-hydrogen) atoms. The molecule has 0 amide bonds. The fourth-order valence-electron chi connectivity index (χ4n) is 3.38. The first kappa shape index (κ1) is 21.4. The van der Waals surface area contributed by atoms with E-state index >= 15 is 0 Å². The summed E-state index contributed by atoms with van der Waals surface area (Å²) >= 11 is 0. The first-order valence-electron chi connectivity index (χ1n) is 10.9. The molecule has 3 heteroatoms. The lowest BCUT2D eigenvalue weighted by atomic mass is 10.0. The molecule has 0 saturated heterocycles. The van der Waals surface area contributed by atoms with Gasteiger partial charge in [-0.3, -0.25) is 0 Å². The van der Waals surface area contributed by atoms with Crippen molar-refractivity contribution in [3.05, 3.63) is 42.4 Å². The Balaban J connectivity index is 1.98. The van der Waals surface area contributed by atoms with Crippen molar-refractivity contribution >= 4 is 0 Å². The Labute approximate surface area is 165 Å². The van der Waals surface area contributed by atoms with Crippen LogP contribution in [0.4, 0.5) is 0 Å². The maximum atomic E-state index is 6.10. The van der Waals surface area contributed by atoms with Gasteiger partial charge in [0.25, 0.3) is 0 Å². The number of benzene rings is 1. The second-order valence-corrected chi connectivity index (χ2v) is 7.32. The van der Waals surface area contributed by atoms with Crippen LogP contribution in [0.5, 0.6) is 5.75 Å². The largest absolute Gasteiger partial charge is 0.493 e. The first-order valence-corrected chi connectivity index (χ1v) is 10.9. The number of nitrogens with zero attached hydrogens (tertiary/aromatic N) is 2. The van der Waals surface area contributed by atoms with E-state index in [-0.39, 0.29) is 0 Å². The molecule has 2 rings (SSSR count). The molecule has 0 spiro atoms. The minimum atomic E-state index is 0.773. The SMILES string of the molecule is CCCCCCCCc1cncnc1-c1ccccc1OCCCCCC. The van der Waals surface area contributed by atoms with Gasteiger partial charge in [0, 0.05) is 11.8 Å². The summed E-state index contributed by atoms with van der Waals surface area (Å²) < 4.78 is 6.10. The Morgan fingerprint density at radius 3 is 2.33 bits per heavy atom. The Morgan fingerprint density at radius 1 is 0.815 bits per heavy atom. The third kappa shape index (κ3) is 7.70. The van der Waals surface area contributed by atoms with Gasteiger partial charge in [0.05, 0.1) is 12.3 Å². The average molecular weight is 369 g/mol. The molecule has 2 aromatic rings. The number of unbranched alkanes of at least 4 members (excludes halogenated alkanes) is 8. The van der Waals surface area contributed by atoms with Crippen molar-refractivity contribution in [2.24, 2.45) is 0 Å². The number of aromatic nitrogens is 2. The van der Waals surface area contributed by atoms with Gasteiger partial charge in [0.15, 0.2) is 0 Å². The van der Waals surface area contributed by atoms with Gasteiger partial charge in [-0.2, -0.15) is 0 Å². The second kappa shape index (κ2) is 13.3. The van der Waals surface area contributed by atoms with E-state index in [0.717, 1.165) is 36.5 Å². The van der Waals surface area contributed by atoms with Crippen LogP contribution in [0.25, 0.3) is 11.3 Å². The van der Waals surface area contributed by atoms with E-state index in [4.69, 9.17) is 4.74 Å². The van der Waals surface area contributed by atoms with Gasteiger partial charge in [-0.05, 0) is 37.0 Å². The maximum absolute atomic E-state index is 6.10. The van der Waals surface area contributed by atoms with Crippen molar-refractivity contribution in [1.29, 1.82) is 0 Å². The summed E-state index contributed by atoms with van der Waals surface area (Å²) in [6.45, 7) is 5.27. The molecule has 0 saturated carbocycles. The van der Waals surface area contributed by atoms with Gasteiger partial charge in [-0.1, -0.05) is 77.3 Å². The number of para-hydroxylation sites is 1. The highest BCUT2D eigenvalue weighted by Gasteiger charge is 2.12. The number of hydrogen-bond acceptors (Lipinski definition) is 3. The van der Waals surface area contributed by atoms with E-state index in [1.54, 1.807) is 6.33 Å². The molecule has 0 unspecified atom stereocenters. The van der Waals surface area contributed by atoms with Crippen LogP contribution in [0, 0.1) is 0 Å². The topological polar surface area (TPSA) is 35.0 Å². The molecule has 0 aliphatic heterocycles. The Bertz CT molecular complexity index is 642. The third-order valence-electron chi connectivity index (χ3n) is 4.99. The molecule has 0 aliphatic carbocycles. The standard InChI is InChI=1S/C24H36N2O/c1-3-5-7-9-10-11-15-21-19-25-20-26-24(21)22-16-12-13-17-23(22)27-18-14-8-6-4-2/h12-13,16-17,19-20H,3-11,14-15,18H2,1-2H3. The molecule has 3 nitrogen and oxygen atoms in total. The van der Waals surface area contributed by atoms with Crippen molar-refractivity contribution < 1.29 is 4.74 Å². The van der Waals surface area contributed by atoms with Crippen LogP contribution in [-0.4, -0.2) is 16.6 Å². The van der Waals surface area contributed by atoms with Gasteiger partial charge in [0.1, 0.15) is 12.1 Å². The fraction of sp³-hybridized carbons (Fsp3) is 0.583. The van der Waals surface area contributed by atoms with Gasteiger partial charge in [-0.15, -0.1) is 0 Å². The monoisotopic (exact) mass is 368 g/mol. The summed E-state index contributed by atoms with van der Waals surface area (Å²) in [5.41, 5.74) is 3.36. The zero-order valence-electron chi connectivity index (χ0n) is 17.3. The van der Waals surface area contributed by atoms with Crippen molar-refractivity contribution in [2.75, 3.05) is 6.61 Å². The highest BCUT2D eigenvalue weighted by molar-refractivity contribution is 5.69. The first-order chi connectivity index (χ1) is 13.4. The number of aryl methyl sites for hydroxylation is 1. The van der Waals surface area contributed by atoms with Crippen molar-refractivity contribution in [3.8, 4) is 17.0 Å². The maximum Gasteiger partial charge on any atom is 0.128 e. The van der Waals surface area contributed by atoms with Crippen LogP contribution in [0.3, 0.4) is 0 Å². The van der Waals surface area contributed by atoms with Gasteiger partial charge in [-0.25, -0.2) is 9.97 Å². The second-order valence-electron chi connectivity index (χ2n) is 7.32. The number of ether oxygens (including phenoxy) is 1. The quantitative estimate of drug-likeness (QED) is 0.336. The van der Waals surface area contributed by atoms with Crippen molar-refractivity contribution in [3.63, 3.8) is 0 Å². The zero-order chi connectivity index (χ0) is 19.2. The van der Waals surface area contributed by atoms with E-state index < -0.39 is 0 Å². The minimum Gasteiger partial charge on any atom is -0.493 e. The van der Waals surface area contributed by atoms with Crippen molar-refractivity contribution in [2.45, 2.75) is 84.5 Å². The van der Waals surface area contributed by atoms with Crippen LogP contribution < -0.4 is 4.74 Å². The molecule has 148 valence electrons. The fourth-order valence-corrected chi connectivity index (χ4v) is 3.38. The highest BCUT2D eigenvalue weighted by Crippen LogP contribution is 2.31. The highest BCUT2D eigenvalue weighted by atomic mass is 16.5. The van der Waals surface area contributed by atoms with E-state index in [1.807, 2.05) is 12.3 Å². The molecule has 1 aromatic carbocycles. The smallest absolute Gasteiger partial charge is 0.128 e. The number of hydrogen-bond donors (Lipinski definition) is 0. The lowest BCUT2D eigenvalue weighted by Crippen LogP contribution is -2.01. The van der Waals surface area contributed by atoms with Crippen LogP contribution >= 0.6 is 0 Å². The van der Waals surface area contributed by atoms with Crippen molar-refractivity contribution in [1.82, 2.24) is 9.97 Å². The summed E-state index contributed by atoms with van der Waals surface area (Å²) in [6.07, 6.45) is 17.3. The van der Waals surface area contributed by atoms with Gasteiger partial charge < -0.3 is 4.74 Å². The Kier molecular flexibility index (Phi) is 10.5. The van der Waals surface area contributed by atoms with Crippen LogP contribution in [-0.2, 0) is 6.42 Å². The molecule has 0 radical (unpaired) electrons. The molecule has 0 N–H and O–H groups in total. The molecular weight excluding hydrogens is 332 g/mol. The summed E-state index contributed by atoms with van der Waals surface area (Å²) in [6, 6.07) is 8.29. The zero-order valence-corrected chi connectivity index (χ0v) is 17.3. The molecule has 1 heterocycles. The summed E-state index contributed by atoms with van der Waals surface area (Å²) in [5, 5.41) is 0. The Morgan fingerprint density at radius 2 is 1.52 bits per heavy atom. The predicted octanol–water partition coefficient (Wildman–Crippen LogP) is 7.01. The van der Waals surface area contributed by atoms with E-state index in [0.29, 0.717) is 0 Å². The average Bonchev–Trinajstić information content (AvgIpc) is 2.71. The van der Waals surface area contributed by atoms with Crippen LogP contribution in [0.1, 0.15) is 83.6 Å².